The molecule has 124 valence electrons. The van der Waals surface area contributed by atoms with Gasteiger partial charge >= 0.3 is 37.9 Å². The Balaban J connectivity index is 0.000000163. The van der Waals surface area contributed by atoms with Crippen LogP contribution in [-0.2, 0) is 20.8 Å². The summed E-state index contributed by atoms with van der Waals surface area (Å²) < 4.78 is 0. The van der Waals surface area contributed by atoms with Crippen molar-refractivity contribution in [3.05, 3.63) is 108 Å². The van der Waals surface area contributed by atoms with Gasteiger partial charge in [0.25, 0.3) is 0 Å². The van der Waals surface area contributed by atoms with Gasteiger partial charge in [0.2, 0.25) is 0 Å². The molecule has 0 N–H and O–H groups in total. The minimum absolute atomic E-state index is 0.826. The molecule has 4 rings (SSSR count). The summed E-state index contributed by atoms with van der Waals surface area (Å²) in [5.74, 6) is 0. The van der Waals surface area contributed by atoms with Crippen molar-refractivity contribution in [1.29, 1.82) is 0 Å². The van der Waals surface area contributed by atoms with Gasteiger partial charge < -0.3 is 5.32 Å². The molecule has 0 aliphatic heterocycles. The SMILES string of the molecule is [Cl][Zr+2][Cl].c1ccc([N-]c2ccccc2)cc1.c1ccc2[cH-]ccc2c1. The molecule has 0 unspecified atom stereocenters. The quantitative estimate of drug-likeness (QED) is 0.278. The Morgan fingerprint density at radius 3 is 1.64 bits per heavy atom. The van der Waals surface area contributed by atoms with E-state index in [2.05, 4.69) is 47.8 Å². The third-order valence-corrected chi connectivity index (χ3v) is 3.32. The van der Waals surface area contributed by atoms with Crippen LogP contribution in [0, 0.1) is 0 Å². The predicted molar refractivity (Wildman–Crippen MR) is 107 cm³/mol. The number of hydrogen-bond acceptors (Lipinski definition) is 0. The fourth-order valence-corrected chi connectivity index (χ4v) is 2.22. The zero-order chi connectivity index (χ0) is 17.7. The molecular formula is C21H17Cl2NZr. The Bertz CT molecular complexity index is 764. The van der Waals surface area contributed by atoms with Gasteiger partial charge in [0.05, 0.1) is 0 Å². The van der Waals surface area contributed by atoms with Crippen LogP contribution in [0.2, 0.25) is 0 Å². The van der Waals surface area contributed by atoms with Crippen LogP contribution in [0.1, 0.15) is 0 Å². The van der Waals surface area contributed by atoms with E-state index in [1.54, 1.807) is 0 Å². The maximum Gasteiger partial charge on any atom is -0.0624 e. The van der Waals surface area contributed by atoms with Crippen molar-refractivity contribution in [3.8, 4) is 0 Å². The van der Waals surface area contributed by atoms with Gasteiger partial charge in [-0.25, -0.2) is 0 Å². The van der Waals surface area contributed by atoms with E-state index in [0.29, 0.717) is 0 Å². The first-order valence-electron chi connectivity index (χ1n) is 7.72. The Morgan fingerprint density at radius 1 is 0.640 bits per heavy atom. The van der Waals surface area contributed by atoms with Crippen LogP contribution >= 0.6 is 17.0 Å². The Labute approximate surface area is 167 Å². The summed E-state index contributed by atoms with van der Waals surface area (Å²) >= 11 is -0.826. The zero-order valence-electron chi connectivity index (χ0n) is 13.5. The van der Waals surface area contributed by atoms with Gasteiger partial charge in [-0.3, -0.25) is 0 Å². The van der Waals surface area contributed by atoms with Gasteiger partial charge in [-0.2, -0.15) is 17.5 Å². The van der Waals surface area contributed by atoms with Crippen LogP contribution in [0.5, 0.6) is 0 Å². The predicted octanol–water partition coefficient (Wildman–Crippen LogP) is 7.96. The van der Waals surface area contributed by atoms with Crippen LogP contribution in [-0.4, -0.2) is 0 Å². The van der Waals surface area contributed by atoms with Crippen LogP contribution in [0.4, 0.5) is 11.4 Å². The topological polar surface area (TPSA) is 14.1 Å². The van der Waals surface area contributed by atoms with Crippen molar-refractivity contribution in [3.63, 3.8) is 0 Å². The van der Waals surface area contributed by atoms with Crippen molar-refractivity contribution < 1.29 is 20.8 Å². The van der Waals surface area contributed by atoms with E-state index >= 15 is 0 Å². The van der Waals surface area contributed by atoms with E-state index in [9.17, 15) is 0 Å². The summed E-state index contributed by atoms with van der Waals surface area (Å²) in [7, 11) is 9.87. The first kappa shape index (κ1) is 19.9. The molecule has 0 spiro atoms. The number of para-hydroxylation sites is 2. The minimum Gasteiger partial charge on any atom is -0.658 e. The molecule has 0 aliphatic carbocycles. The minimum atomic E-state index is -0.826. The molecular weight excluding hydrogens is 428 g/mol. The molecule has 0 aromatic heterocycles. The number of halogens is 2. The number of hydrogen-bond donors (Lipinski definition) is 0. The van der Waals surface area contributed by atoms with E-state index in [4.69, 9.17) is 17.0 Å². The molecule has 0 saturated heterocycles. The smallest absolute Gasteiger partial charge is 0.0624 e. The van der Waals surface area contributed by atoms with Crippen LogP contribution in [0.25, 0.3) is 16.1 Å². The van der Waals surface area contributed by atoms with Gasteiger partial charge in [0.1, 0.15) is 0 Å². The van der Waals surface area contributed by atoms with Gasteiger partial charge in [0, 0.05) is 0 Å². The summed E-state index contributed by atoms with van der Waals surface area (Å²) in [5, 5.41) is 7.10. The molecule has 0 amide bonds. The zero-order valence-corrected chi connectivity index (χ0v) is 17.5. The van der Waals surface area contributed by atoms with Gasteiger partial charge in [-0.1, -0.05) is 66.7 Å². The largest absolute Gasteiger partial charge is 0.658 e. The fraction of sp³-hybridized carbons (Fsp3) is 0. The summed E-state index contributed by atoms with van der Waals surface area (Å²) in [4.78, 5) is 0. The van der Waals surface area contributed by atoms with E-state index in [1.807, 2.05) is 60.7 Å². The molecule has 1 nitrogen and oxygen atoms in total. The molecule has 0 saturated carbocycles. The molecule has 0 radical (unpaired) electrons. The normalized spacial score (nSPS) is 9.04. The molecule has 0 bridgehead atoms. The Hall–Kier alpha value is -1.47. The summed E-state index contributed by atoms with van der Waals surface area (Å²) in [6.45, 7) is 0. The second-order valence-electron chi connectivity index (χ2n) is 5.01. The van der Waals surface area contributed by atoms with Crippen molar-refractivity contribution in [2.45, 2.75) is 0 Å². The van der Waals surface area contributed by atoms with E-state index in [0.717, 1.165) is 11.4 Å². The Kier molecular flexibility index (Phi) is 9.51. The van der Waals surface area contributed by atoms with Crippen LogP contribution in [0.15, 0.2) is 103 Å². The third kappa shape index (κ3) is 7.52. The van der Waals surface area contributed by atoms with Crippen LogP contribution in [0.3, 0.4) is 0 Å². The van der Waals surface area contributed by atoms with E-state index < -0.39 is 20.8 Å². The number of benzene rings is 3. The molecule has 0 atom stereocenters. The second-order valence-corrected chi connectivity index (χ2v) is 8.74. The van der Waals surface area contributed by atoms with E-state index in [1.165, 1.54) is 10.8 Å². The molecule has 0 heterocycles. The molecule has 4 heteroatoms. The molecule has 0 fully saturated rings. The monoisotopic (exact) mass is 443 g/mol. The average molecular weight is 446 g/mol. The van der Waals surface area contributed by atoms with Gasteiger partial charge in [-0.05, 0) is 0 Å². The summed E-state index contributed by atoms with van der Waals surface area (Å²) in [6.07, 6.45) is 0. The molecule has 25 heavy (non-hydrogen) atoms. The molecule has 4 aromatic rings. The maximum absolute atomic E-state index is 4.93. The molecule has 0 aliphatic rings. The van der Waals surface area contributed by atoms with Crippen molar-refractivity contribution in [2.75, 3.05) is 0 Å². The number of rotatable bonds is 2. The van der Waals surface area contributed by atoms with Crippen molar-refractivity contribution in [2.24, 2.45) is 0 Å². The summed E-state index contributed by atoms with van der Waals surface area (Å²) in [5.41, 5.74) is 1.99. The average Bonchev–Trinajstić information content (AvgIpc) is 3.13. The first-order chi connectivity index (χ1) is 12.3. The van der Waals surface area contributed by atoms with Crippen LogP contribution < -0.4 is 0 Å². The van der Waals surface area contributed by atoms with Crippen molar-refractivity contribution in [1.82, 2.24) is 0 Å². The van der Waals surface area contributed by atoms with Crippen molar-refractivity contribution >= 4 is 39.2 Å². The standard InChI is InChI=1S/C12H10N.C9H7.2ClH.Zr/c1-3-7-11(8-4-1)13-12-9-5-2-6-10-12;1-2-5-9-7-3-6-8(9)4-1;;;/h1-10H;1-7H;2*1H;/q2*-1;;;+4/p-2. The number of nitrogens with zero attached hydrogens (tertiary/aromatic N) is 1. The van der Waals surface area contributed by atoms with E-state index in [-0.39, 0.29) is 0 Å². The van der Waals surface area contributed by atoms with Gasteiger partial charge in [-0.15, -0.1) is 41.0 Å². The Morgan fingerprint density at radius 2 is 1.12 bits per heavy atom. The first-order valence-corrected chi connectivity index (χ1v) is 14.0. The third-order valence-electron chi connectivity index (χ3n) is 3.32. The van der Waals surface area contributed by atoms with Gasteiger partial charge in [0.15, 0.2) is 0 Å². The molecule has 4 aromatic carbocycles. The number of fused-ring (bicyclic) bond motifs is 1. The maximum atomic E-state index is 4.93. The summed E-state index contributed by atoms with van der Waals surface area (Å²) in [6, 6.07) is 34.6. The fourth-order valence-electron chi connectivity index (χ4n) is 2.22. The second kappa shape index (κ2) is 12.0.